The molecule has 2 aliphatic heterocycles. The van der Waals surface area contributed by atoms with Gasteiger partial charge in [0.25, 0.3) is 0 Å². The first kappa shape index (κ1) is 18.7. The van der Waals surface area contributed by atoms with Crippen LogP contribution in [0.2, 0.25) is 0 Å². The first-order valence-electron chi connectivity index (χ1n) is 9.63. The average Bonchev–Trinajstić information content (AvgIpc) is 2.93. The predicted molar refractivity (Wildman–Crippen MR) is 95.6 cm³/mol. The van der Waals surface area contributed by atoms with Crippen LogP contribution in [0.15, 0.2) is 0 Å². The molecule has 3 fully saturated rings. The van der Waals surface area contributed by atoms with E-state index in [0.717, 1.165) is 51.6 Å². The van der Waals surface area contributed by atoms with Crippen LogP contribution in [-0.4, -0.2) is 55.8 Å². The second-order valence-corrected chi connectivity index (χ2v) is 10.4. The molecule has 3 rings (SSSR count). The molecular formula is C18H30N2O4S. The number of carbonyl (C=O) groups is 2. The molecule has 1 unspecified atom stereocenters. The summed E-state index contributed by atoms with van der Waals surface area (Å²) < 4.78 is 23.0. The Labute approximate surface area is 150 Å². The van der Waals surface area contributed by atoms with Gasteiger partial charge in [0, 0.05) is 31.0 Å². The maximum absolute atomic E-state index is 12.6. The van der Waals surface area contributed by atoms with Gasteiger partial charge in [-0.2, -0.15) is 0 Å². The van der Waals surface area contributed by atoms with Crippen molar-refractivity contribution in [1.82, 2.24) is 10.2 Å². The van der Waals surface area contributed by atoms with Crippen molar-refractivity contribution in [3.63, 3.8) is 0 Å². The van der Waals surface area contributed by atoms with E-state index in [1.807, 2.05) is 4.90 Å². The second kappa shape index (κ2) is 7.64. The van der Waals surface area contributed by atoms with Crippen molar-refractivity contribution in [1.29, 1.82) is 0 Å². The first-order chi connectivity index (χ1) is 11.8. The highest BCUT2D eigenvalue weighted by Gasteiger charge is 2.35. The monoisotopic (exact) mass is 370 g/mol. The molecule has 2 amide bonds. The zero-order valence-electron chi connectivity index (χ0n) is 15.1. The van der Waals surface area contributed by atoms with Crippen molar-refractivity contribution >= 4 is 21.7 Å². The van der Waals surface area contributed by atoms with Crippen LogP contribution in [0.1, 0.15) is 51.9 Å². The van der Waals surface area contributed by atoms with Gasteiger partial charge in [-0.3, -0.25) is 9.59 Å². The van der Waals surface area contributed by atoms with Gasteiger partial charge in [-0.05, 0) is 50.9 Å². The highest BCUT2D eigenvalue weighted by Crippen LogP contribution is 2.31. The van der Waals surface area contributed by atoms with Crippen LogP contribution in [0, 0.1) is 17.8 Å². The molecule has 1 atom stereocenters. The van der Waals surface area contributed by atoms with E-state index >= 15 is 0 Å². The SMILES string of the molecule is CC1CCN(C(=O)C2CCC(C(=O)NC3CCS(=O)(=O)C3)CC2)CC1. The van der Waals surface area contributed by atoms with Gasteiger partial charge in [-0.1, -0.05) is 6.92 Å². The number of nitrogens with zero attached hydrogens (tertiary/aromatic N) is 1. The molecule has 2 saturated heterocycles. The molecule has 3 aliphatic rings. The molecular weight excluding hydrogens is 340 g/mol. The Morgan fingerprint density at radius 3 is 2.08 bits per heavy atom. The minimum Gasteiger partial charge on any atom is -0.352 e. The number of amides is 2. The molecule has 25 heavy (non-hydrogen) atoms. The highest BCUT2D eigenvalue weighted by atomic mass is 32.2. The fourth-order valence-electron chi connectivity index (χ4n) is 4.32. The zero-order valence-corrected chi connectivity index (χ0v) is 15.9. The van der Waals surface area contributed by atoms with E-state index < -0.39 is 9.84 Å². The molecule has 1 saturated carbocycles. The quantitative estimate of drug-likeness (QED) is 0.813. The Hall–Kier alpha value is -1.11. The second-order valence-electron chi connectivity index (χ2n) is 8.16. The zero-order chi connectivity index (χ0) is 18.0. The van der Waals surface area contributed by atoms with Gasteiger partial charge in [-0.15, -0.1) is 0 Å². The molecule has 0 aromatic rings. The van der Waals surface area contributed by atoms with E-state index in [2.05, 4.69) is 12.2 Å². The van der Waals surface area contributed by atoms with E-state index in [-0.39, 0.29) is 41.2 Å². The van der Waals surface area contributed by atoms with Gasteiger partial charge >= 0.3 is 0 Å². The molecule has 0 aromatic carbocycles. The lowest BCUT2D eigenvalue weighted by atomic mass is 9.80. The maximum atomic E-state index is 12.6. The fraction of sp³-hybridized carbons (Fsp3) is 0.889. The van der Waals surface area contributed by atoms with Gasteiger partial charge in [0.15, 0.2) is 9.84 Å². The third kappa shape index (κ3) is 4.74. The lowest BCUT2D eigenvalue weighted by Gasteiger charge is -2.35. The summed E-state index contributed by atoms with van der Waals surface area (Å²) in [6.45, 7) is 3.98. The van der Waals surface area contributed by atoms with Crippen LogP contribution in [0.4, 0.5) is 0 Å². The highest BCUT2D eigenvalue weighted by molar-refractivity contribution is 7.91. The van der Waals surface area contributed by atoms with Crippen molar-refractivity contribution in [3.8, 4) is 0 Å². The summed E-state index contributed by atoms with van der Waals surface area (Å²) in [5.74, 6) is 1.18. The molecule has 142 valence electrons. The summed E-state index contributed by atoms with van der Waals surface area (Å²) in [5, 5.41) is 2.90. The average molecular weight is 371 g/mol. The van der Waals surface area contributed by atoms with Crippen LogP contribution in [0.3, 0.4) is 0 Å². The third-order valence-corrected chi connectivity index (χ3v) is 7.89. The van der Waals surface area contributed by atoms with Gasteiger partial charge in [-0.25, -0.2) is 8.42 Å². The molecule has 0 spiro atoms. The Balaban J connectivity index is 1.43. The summed E-state index contributed by atoms with van der Waals surface area (Å²) in [6.07, 6.45) is 5.70. The molecule has 7 heteroatoms. The Bertz CT molecular complexity index is 603. The minimum absolute atomic E-state index is 0.0280. The third-order valence-electron chi connectivity index (χ3n) is 6.12. The summed E-state index contributed by atoms with van der Waals surface area (Å²) in [7, 11) is -2.97. The van der Waals surface area contributed by atoms with E-state index in [1.54, 1.807) is 0 Å². The molecule has 6 nitrogen and oxygen atoms in total. The smallest absolute Gasteiger partial charge is 0.225 e. The summed E-state index contributed by atoms with van der Waals surface area (Å²) in [4.78, 5) is 27.0. The fourth-order valence-corrected chi connectivity index (χ4v) is 5.99. The van der Waals surface area contributed by atoms with Crippen molar-refractivity contribution in [3.05, 3.63) is 0 Å². The first-order valence-corrected chi connectivity index (χ1v) is 11.5. The molecule has 2 heterocycles. The topological polar surface area (TPSA) is 83.6 Å². The lowest BCUT2D eigenvalue weighted by Crippen LogP contribution is -2.44. The summed E-state index contributed by atoms with van der Waals surface area (Å²) in [6, 6.07) is -0.229. The predicted octanol–water partition coefficient (Wildman–Crippen LogP) is 1.35. The normalized spacial score (nSPS) is 33.2. The number of rotatable bonds is 3. The van der Waals surface area contributed by atoms with Crippen LogP contribution < -0.4 is 5.32 Å². The maximum Gasteiger partial charge on any atom is 0.225 e. The largest absolute Gasteiger partial charge is 0.352 e. The van der Waals surface area contributed by atoms with E-state index in [0.29, 0.717) is 12.3 Å². The van der Waals surface area contributed by atoms with Crippen molar-refractivity contribution in [2.45, 2.75) is 57.9 Å². The molecule has 0 radical (unpaired) electrons. The number of likely N-dealkylation sites (tertiary alicyclic amines) is 1. The Kier molecular flexibility index (Phi) is 5.71. The summed E-state index contributed by atoms with van der Waals surface area (Å²) >= 11 is 0. The van der Waals surface area contributed by atoms with Crippen LogP contribution >= 0.6 is 0 Å². The summed E-state index contributed by atoms with van der Waals surface area (Å²) in [5.41, 5.74) is 0. The van der Waals surface area contributed by atoms with Crippen LogP contribution in [0.5, 0.6) is 0 Å². The molecule has 1 N–H and O–H groups in total. The lowest BCUT2D eigenvalue weighted by molar-refractivity contribution is -0.139. The minimum atomic E-state index is -2.97. The van der Waals surface area contributed by atoms with Crippen LogP contribution in [-0.2, 0) is 19.4 Å². The number of piperidine rings is 1. The van der Waals surface area contributed by atoms with E-state index in [9.17, 15) is 18.0 Å². The van der Waals surface area contributed by atoms with Crippen molar-refractivity contribution in [2.24, 2.45) is 17.8 Å². The molecule has 0 bridgehead atoms. The number of carbonyl (C=O) groups excluding carboxylic acids is 2. The molecule has 0 aromatic heterocycles. The van der Waals surface area contributed by atoms with Crippen molar-refractivity contribution < 1.29 is 18.0 Å². The van der Waals surface area contributed by atoms with E-state index in [4.69, 9.17) is 0 Å². The standard InChI is InChI=1S/C18H30N2O4S/c1-13-6-9-20(10-7-13)18(22)15-4-2-14(3-5-15)17(21)19-16-8-11-25(23,24)12-16/h13-16H,2-12H2,1H3,(H,19,21). The number of nitrogens with one attached hydrogen (secondary N) is 1. The Morgan fingerprint density at radius 2 is 1.52 bits per heavy atom. The van der Waals surface area contributed by atoms with Gasteiger partial charge in [0.2, 0.25) is 11.8 Å². The van der Waals surface area contributed by atoms with E-state index in [1.165, 1.54) is 0 Å². The van der Waals surface area contributed by atoms with Gasteiger partial charge in [0.05, 0.1) is 11.5 Å². The Morgan fingerprint density at radius 1 is 0.920 bits per heavy atom. The van der Waals surface area contributed by atoms with Gasteiger partial charge < -0.3 is 10.2 Å². The number of hydrogen-bond donors (Lipinski definition) is 1. The number of hydrogen-bond acceptors (Lipinski definition) is 4. The molecule has 1 aliphatic carbocycles. The van der Waals surface area contributed by atoms with Crippen molar-refractivity contribution in [2.75, 3.05) is 24.6 Å². The number of sulfone groups is 1. The van der Waals surface area contributed by atoms with Gasteiger partial charge in [0.1, 0.15) is 0 Å². The van der Waals surface area contributed by atoms with Crippen LogP contribution in [0.25, 0.3) is 0 Å².